The number of nitrogens with one attached hydrogen (secondary N) is 1. The number of amides is 1. The Morgan fingerprint density at radius 1 is 1.32 bits per heavy atom. The van der Waals surface area contributed by atoms with Crippen molar-refractivity contribution in [3.63, 3.8) is 0 Å². The van der Waals surface area contributed by atoms with Crippen molar-refractivity contribution in [3.8, 4) is 0 Å². The maximum Gasteiger partial charge on any atom is 0.251 e. The van der Waals surface area contributed by atoms with Gasteiger partial charge in [0.2, 0.25) is 0 Å². The molecule has 0 spiro atoms. The lowest BCUT2D eigenvalue weighted by Gasteiger charge is -2.29. The van der Waals surface area contributed by atoms with E-state index in [9.17, 15) is 4.79 Å². The number of benzene rings is 1. The second kappa shape index (κ2) is 7.26. The molecule has 0 radical (unpaired) electrons. The topological polar surface area (TPSA) is 41.6 Å². The molecule has 0 aromatic heterocycles. The van der Waals surface area contributed by atoms with Crippen molar-refractivity contribution in [2.45, 2.75) is 6.92 Å². The van der Waals surface area contributed by atoms with Crippen LogP contribution in [0.3, 0.4) is 0 Å². The summed E-state index contributed by atoms with van der Waals surface area (Å²) in [5, 5.41) is 2.99. The van der Waals surface area contributed by atoms with Crippen molar-refractivity contribution in [1.29, 1.82) is 0 Å². The van der Waals surface area contributed by atoms with Crippen LogP contribution in [0, 0.1) is 5.92 Å². The molecule has 104 valence electrons. The minimum atomic E-state index is 0.00873. The molecule has 4 nitrogen and oxygen atoms in total. The minimum absolute atomic E-state index is 0.00873. The summed E-state index contributed by atoms with van der Waals surface area (Å²) in [6.07, 6.45) is 0. The molecule has 0 bridgehead atoms. The van der Waals surface area contributed by atoms with Crippen LogP contribution in [0.1, 0.15) is 17.3 Å². The van der Waals surface area contributed by atoms with Crippen molar-refractivity contribution in [1.82, 2.24) is 10.2 Å². The zero-order valence-electron chi connectivity index (χ0n) is 11.5. The molecule has 1 heterocycles. The van der Waals surface area contributed by atoms with E-state index < -0.39 is 0 Å². The van der Waals surface area contributed by atoms with Gasteiger partial charge in [0.25, 0.3) is 5.91 Å². The van der Waals surface area contributed by atoms with Gasteiger partial charge in [-0.15, -0.1) is 0 Å². The quantitative estimate of drug-likeness (QED) is 0.872. The summed E-state index contributed by atoms with van der Waals surface area (Å²) in [5.74, 6) is 0.459. The first-order valence-corrected chi connectivity index (χ1v) is 6.89. The number of hydrogen-bond acceptors (Lipinski definition) is 3. The van der Waals surface area contributed by atoms with Gasteiger partial charge in [-0.3, -0.25) is 9.69 Å². The molecule has 1 fully saturated rings. The van der Waals surface area contributed by atoms with Gasteiger partial charge in [-0.2, -0.15) is 0 Å². The Hall–Kier alpha value is -1.39. The standard InChI is InChI=1S/C15H22N2O2/c1-13(12-17-7-9-19-10-8-17)11-16-15(18)14-5-3-2-4-6-14/h2-6,13H,7-12H2,1H3,(H,16,18). The summed E-state index contributed by atoms with van der Waals surface area (Å²) >= 11 is 0. The molecular weight excluding hydrogens is 240 g/mol. The minimum Gasteiger partial charge on any atom is -0.379 e. The number of rotatable bonds is 5. The van der Waals surface area contributed by atoms with E-state index in [-0.39, 0.29) is 5.91 Å². The molecular formula is C15H22N2O2. The van der Waals surface area contributed by atoms with Crippen LogP contribution in [0.5, 0.6) is 0 Å². The lowest BCUT2D eigenvalue weighted by Crippen LogP contribution is -2.41. The number of ether oxygens (including phenoxy) is 1. The second-order valence-corrected chi connectivity index (χ2v) is 5.09. The van der Waals surface area contributed by atoms with Crippen molar-refractivity contribution < 1.29 is 9.53 Å². The zero-order valence-corrected chi connectivity index (χ0v) is 11.5. The largest absolute Gasteiger partial charge is 0.379 e. The monoisotopic (exact) mass is 262 g/mol. The van der Waals surface area contributed by atoms with E-state index in [0.717, 1.165) is 38.4 Å². The van der Waals surface area contributed by atoms with E-state index in [1.54, 1.807) is 0 Å². The summed E-state index contributed by atoms with van der Waals surface area (Å²) in [7, 11) is 0. The summed E-state index contributed by atoms with van der Waals surface area (Å²) in [4.78, 5) is 14.3. The summed E-state index contributed by atoms with van der Waals surface area (Å²) in [6, 6.07) is 9.35. The van der Waals surface area contributed by atoms with Gasteiger partial charge in [-0.25, -0.2) is 0 Å². The lowest BCUT2D eigenvalue weighted by molar-refractivity contribution is 0.0317. The molecule has 1 atom stereocenters. The third kappa shape index (κ3) is 4.65. The highest BCUT2D eigenvalue weighted by molar-refractivity contribution is 5.94. The van der Waals surface area contributed by atoms with Gasteiger partial charge in [0.15, 0.2) is 0 Å². The van der Waals surface area contributed by atoms with E-state index in [4.69, 9.17) is 4.74 Å². The van der Waals surface area contributed by atoms with Gasteiger partial charge >= 0.3 is 0 Å². The Bertz CT molecular complexity index is 388. The van der Waals surface area contributed by atoms with Gasteiger partial charge in [-0.05, 0) is 18.1 Å². The third-order valence-corrected chi connectivity index (χ3v) is 3.32. The molecule has 1 aromatic rings. The lowest BCUT2D eigenvalue weighted by atomic mass is 10.1. The predicted molar refractivity (Wildman–Crippen MR) is 75.2 cm³/mol. The van der Waals surface area contributed by atoms with Gasteiger partial charge in [-0.1, -0.05) is 25.1 Å². The van der Waals surface area contributed by atoms with Gasteiger partial charge in [0.05, 0.1) is 13.2 Å². The Kier molecular flexibility index (Phi) is 5.36. The van der Waals surface area contributed by atoms with Crippen molar-refractivity contribution in [2.24, 2.45) is 5.92 Å². The van der Waals surface area contributed by atoms with Crippen LogP contribution in [-0.4, -0.2) is 50.2 Å². The third-order valence-electron chi connectivity index (χ3n) is 3.32. The van der Waals surface area contributed by atoms with Crippen LogP contribution in [-0.2, 0) is 4.74 Å². The predicted octanol–water partition coefficient (Wildman–Crippen LogP) is 1.38. The number of morpholine rings is 1. The maximum absolute atomic E-state index is 11.9. The fourth-order valence-corrected chi connectivity index (χ4v) is 2.25. The van der Waals surface area contributed by atoms with Gasteiger partial charge in [0, 0.05) is 31.7 Å². The highest BCUT2D eigenvalue weighted by Gasteiger charge is 2.14. The zero-order chi connectivity index (χ0) is 13.5. The Morgan fingerprint density at radius 2 is 2.00 bits per heavy atom. The average Bonchev–Trinajstić information content (AvgIpc) is 2.47. The normalized spacial score (nSPS) is 17.9. The smallest absolute Gasteiger partial charge is 0.251 e. The molecule has 1 unspecified atom stereocenters. The first-order valence-electron chi connectivity index (χ1n) is 6.89. The second-order valence-electron chi connectivity index (χ2n) is 5.09. The van der Waals surface area contributed by atoms with Crippen LogP contribution in [0.15, 0.2) is 30.3 Å². The number of hydrogen-bond donors (Lipinski definition) is 1. The number of carbonyl (C=O) groups is 1. The van der Waals surface area contributed by atoms with Crippen LogP contribution >= 0.6 is 0 Å². The molecule has 0 saturated carbocycles. The van der Waals surface area contributed by atoms with Crippen molar-refractivity contribution >= 4 is 5.91 Å². The van der Waals surface area contributed by atoms with E-state index in [0.29, 0.717) is 12.5 Å². The van der Waals surface area contributed by atoms with E-state index >= 15 is 0 Å². The van der Waals surface area contributed by atoms with Crippen molar-refractivity contribution in [2.75, 3.05) is 39.4 Å². The molecule has 1 saturated heterocycles. The summed E-state index contributed by atoms with van der Waals surface area (Å²) < 4.78 is 5.33. The van der Waals surface area contributed by atoms with E-state index in [1.165, 1.54) is 0 Å². The molecule has 1 aliphatic rings. The van der Waals surface area contributed by atoms with Crippen molar-refractivity contribution in [3.05, 3.63) is 35.9 Å². The fourth-order valence-electron chi connectivity index (χ4n) is 2.25. The maximum atomic E-state index is 11.9. The van der Waals surface area contributed by atoms with Crippen LogP contribution in [0.4, 0.5) is 0 Å². The van der Waals surface area contributed by atoms with Gasteiger partial charge < -0.3 is 10.1 Å². The molecule has 1 amide bonds. The average molecular weight is 262 g/mol. The SMILES string of the molecule is CC(CNC(=O)c1ccccc1)CN1CCOCC1. The van der Waals surface area contributed by atoms with Gasteiger partial charge in [0.1, 0.15) is 0 Å². The van der Waals surface area contributed by atoms with E-state index in [1.807, 2.05) is 30.3 Å². The first-order chi connectivity index (χ1) is 9.25. The Morgan fingerprint density at radius 3 is 2.68 bits per heavy atom. The molecule has 1 aromatic carbocycles. The highest BCUT2D eigenvalue weighted by Crippen LogP contribution is 2.03. The molecule has 1 N–H and O–H groups in total. The summed E-state index contributed by atoms with van der Waals surface area (Å²) in [6.45, 7) is 7.53. The van der Waals surface area contributed by atoms with Crippen LogP contribution in [0.2, 0.25) is 0 Å². The molecule has 0 aliphatic carbocycles. The highest BCUT2D eigenvalue weighted by atomic mass is 16.5. The Balaban J connectivity index is 1.71. The van der Waals surface area contributed by atoms with Crippen LogP contribution in [0.25, 0.3) is 0 Å². The summed E-state index contributed by atoms with van der Waals surface area (Å²) in [5.41, 5.74) is 0.723. The van der Waals surface area contributed by atoms with E-state index in [2.05, 4.69) is 17.1 Å². The first kappa shape index (κ1) is 14.0. The van der Waals surface area contributed by atoms with Crippen LogP contribution < -0.4 is 5.32 Å². The number of carbonyl (C=O) groups excluding carboxylic acids is 1. The molecule has 1 aliphatic heterocycles. The fraction of sp³-hybridized carbons (Fsp3) is 0.533. The number of nitrogens with zero attached hydrogens (tertiary/aromatic N) is 1. The molecule has 2 rings (SSSR count). The Labute approximate surface area is 114 Å². The molecule has 19 heavy (non-hydrogen) atoms. The molecule has 4 heteroatoms.